The number of anilines is 1. The Hall–Kier alpha value is -1.62. The largest absolute Gasteiger partial charge is 0.331 e. The van der Waals surface area contributed by atoms with E-state index in [0.29, 0.717) is 10.8 Å². The van der Waals surface area contributed by atoms with E-state index in [1.807, 2.05) is 18.4 Å². The third-order valence-corrected chi connectivity index (χ3v) is 2.73. The first-order chi connectivity index (χ1) is 6.75. The van der Waals surface area contributed by atoms with Gasteiger partial charge in [0, 0.05) is 12.4 Å². The van der Waals surface area contributed by atoms with E-state index in [1.54, 1.807) is 12.4 Å². The molecule has 0 spiro atoms. The molecular formula is C9H9N3OS. The molecule has 72 valence electrons. The van der Waals surface area contributed by atoms with Gasteiger partial charge in [0.15, 0.2) is 0 Å². The van der Waals surface area contributed by atoms with Crippen LogP contribution in [0.15, 0.2) is 23.8 Å². The predicted octanol–water partition coefficient (Wildman–Crippen LogP) is 2.03. The Labute approximate surface area is 85.0 Å². The Morgan fingerprint density at radius 3 is 3.07 bits per heavy atom. The minimum atomic E-state index is -0.127. The van der Waals surface area contributed by atoms with E-state index in [-0.39, 0.29) is 5.91 Å². The van der Waals surface area contributed by atoms with Gasteiger partial charge in [0.2, 0.25) is 5.95 Å². The van der Waals surface area contributed by atoms with Gasteiger partial charge in [-0.15, -0.1) is 11.3 Å². The highest BCUT2D eigenvalue weighted by Crippen LogP contribution is 2.14. The zero-order valence-electron chi connectivity index (χ0n) is 7.57. The maximum atomic E-state index is 11.6. The zero-order chi connectivity index (χ0) is 9.97. The molecule has 0 radical (unpaired) electrons. The molecule has 0 saturated heterocycles. The number of carbonyl (C=O) groups is 1. The molecule has 0 aromatic carbocycles. The number of aromatic amines is 1. The van der Waals surface area contributed by atoms with Gasteiger partial charge >= 0.3 is 0 Å². The highest BCUT2D eigenvalue weighted by Gasteiger charge is 2.08. The average Bonchev–Trinajstić information content (AvgIpc) is 2.75. The first-order valence-electron chi connectivity index (χ1n) is 4.11. The maximum absolute atomic E-state index is 11.6. The van der Waals surface area contributed by atoms with Crippen molar-refractivity contribution < 1.29 is 4.79 Å². The highest BCUT2D eigenvalue weighted by atomic mass is 32.1. The number of amides is 1. The maximum Gasteiger partial charge on any atom is 0.268 e. The van der Waals surface area contributed by atoms with Crippen molar-refractivity contribution in [3.05, 3.63) is 34.3 Å². The molecule has 1 amide bonds. The first kappa shape index (κ1) is 8.96. The third-order valence-electron chi connectivity index (χ3n) is 1.68. The number of nitrogens with zero attached hydrogens (tertiary/aromatic N) is 1. The molecule has 0 aliphatic carbocycles. The number of carbonyl (C=O) groups excluding carboxylic acids is 1. The number of hydrogen-bond donors (Lipinski definition) is 2. The van der Waals surface area contributed by atoms with Crippen LogP contribution in [-0.4, -0.2) is 15.9 Å². The SMILES string of the molecule is Cc1csc(C(=O)Nc2ncc[nH]2)c1. The van der Waals surface area contributed by atoms with Gasteiger partial charge in [-0.1, -0.05) is 0 Å². The number of imidazole rings is 1. The molecule has 0 bridgehead atoms. The Balaban J connectivity index is 2.10. The van der Waals surface area contributed by atoms with E-state index in [9.17, 15) is 4.79 Å². The topological polar surface area (TPSA) is 57.8 Å². The van der Waals surface area contributed by atoms with Crippen molar-refractivity contribution in [2.45, 2.75) is 6.92 Å². The molecule has 0 unspecified atom stereocenters. The number of aromatic nitrogens is 2. The molecule has 0 saturated carbocycles. The van der Waals surface area contributed by atoms with Crippen LogP contribution in [0.2, 0.25) is 0 Å². The summed E-state index contributed by atoms with van der Waals surface area (Å²) in [7, 11) is 0. The molecule has 2 heterocycles. The Bertz CT molecular complexity index is 433. The second-order valence-corrected chi connectivity index (χ2v) is 3.79. The van der Waals surface area contributed by atoms with Gasteiger partial charge in [-0.3, -0.25) is 10.1 Å². The fourth-order valence-corrected chi connectivity index (χ4v) is 1.85. The van der Waals surface area contributed by atoms with E-state index >= 15 is 0 Å². The van der Waals surface area contributed by atoms with Crippen molar-refractivity contribution in [1.82, 2.24) is 9.97 Å². The number of H-pyrrole nitrogens is 1. The van der Waals surface area contributed by atoms with Crippen molar-refractivity contribution >= 4 is 23.2 Å². The normalized spacial score (nSPS) is 10.1. The molecule has 14 heavy (non-hydrogen) atoms. The van der Waals surface area contributed by atoms with Crippen LogP contribution in [0.5, 0.6) is 0 Å². The lowest BCUT2D eigenvalue weighted by atomic mass is 10.3. The summed E-state index contributed by atoms with van der Waals surface area (Å²) in [6, 6.07) is 1.85. The lowest BCUT2D eigenvalue weighted by Crippen LogP contribution is -2.11. The lowest BCUT2D eigenvalue weighted by molar-refractivity contribution is 0.102. The van der Waals surface area contributed by atoms with Crippen LogP contribution in [0.1, 0.15) is 15.2 Å². The van der Waals surface area contributed by atoms with Gasteiger partial charge in [0.1, 0.15) is 0 Å². The molecule has 5 heteroatoms. The molecule has 0 aliphatic rings. The summed E-state index contributed by atoms with van der Waals surface area (Å²) in [5, 5.41) is 4.60. The summed E-state index contributed by atoms with van der Waals surface area (Å²) < 4.78 is 0. The van der Waals surface area contributed by atoms with Crippen molar-refractivity contribution in [1.29, 1.82) is 0 Å². The minimum Gasteiger partial charge on any atom is -0.331 e. The molecular weight excluding hydrogens is 198 g/mol. The summed E-state index contributed by atoms with van der Waals surface area (Å²) in [6.07, 6.45) is 3.25. The standard InChI is InChI=1S/C9H9N3OS/c1-6-4-7(14-5-6)8(13)12-9-10-2-3-11-9/h2-5H,1H3,(H2,10,11,12,13). The van der Waals surface area contributed by atoms with Crippen molar-refractivity contribution in [2.24, 2.45) is 0 Å². The fourth-order valence-electron chi connectivity index (χ4n) is 1.05. The smallest absolute Gasteiger partial charge is 0.268 e. The van der Waals surface area contributed by atoms with Crippen molar-refractivity contribution in [3.63, 3.8) is 0 Å². The third kappa shape index (κ3) is 1.82. The molecule has 2 rings (SSSR count). The number of nitrogens with one attached hydrogen (secondary N) is 2. The van der Waals surface area contributed by atoms with E-state index in [0.717, 1.165) is 5.56 Å². The summed E-state index contributed by atoms with van der Waals surface area (Å²) in [4.78, 5) is 19.0. The lowest BCUT2D eigenvalue weighted by Gasteiger charge is -1.97. The molecule has 4 nitrogen and oxygen atoms in total. The molecule has 0 aliphatic heterocycles. The fraction of sp³-hybridized carbons (Fsp3) is 0.111. The van der Waals surface area contributed by atoms with Gasteiger partial charge in [0.05, 0.1) is 4.88 Å². The van der Waals surface area contributed by atoms with Gasteiger partial charge in [-0.05, 0) is 23.9 Å². The van der Waals surface area contributed by atoms with Crippen LogP contribution in [0.3, 0.4) is 0 Å². The number of hydrogen-bond acceptors (Lipinski definition) is 3. The van der Waals surface area contributed by atoms with Crippen molar-refractivity contribution in [3.8, 4) is 0 Å². The van der Waals surface area contributed by atoms with Gasteiger partial charge < -0.3 is 4.98 Å². The molecule has 2 N–H and O–H groups in total. The van der Waals surface area contributed by atoms with Gasteiger partial charge in [-0.2, -0.15) is 0 Å². The van der Waals surface area contributed by atoms with E-state index in [1.165, 1.54) is 11.3 Å². The summed E-state index contributed by atoms with van der Waals surface area (Å²) in [5.41, 5.74) is 1.10. The molecule has 2 aromatic rings. The number of thiophene rings is 1. The average molecular weight is 207 g/mol. The summed E-state index contributed by atoms with van der Waals surface area (Å²) in [5.74, 6) is 0.346. The van der Waals surface area contributed by atoms with E-state index in [4.69, 9.17) is 0 Å². The quantitative estimate of drug-likeness (QED) is 0.791. The number of rotatable bonds is 2. The monoisotopic (exact) mass is 207 g/mol. The van der Waals surface area contributed by atoms with Gasteiger partial charge in [-0.25, -0.2) is 4.98 Å². The molecule has 2 aromatic heterocycles. The van der Waals surface area contributed by atoms with Crippen LogP contribution < -0.4 is 5.32 Å². The first-order valence-corrected chi connectivity index (χ1v) is 4.99. The summed E-state index contributed by atoms with van der Waals surface area (Å²) in [6.45, 7) is 1.96. The van der Waals surface area contributed by atoms with Crippen molar-refractivity contribution in [2.75, 3.05) is 5.32 Å². The van der Waals surface area contributed by atoms with Crippen LogP contribution >= 0.6 is 11.3 Å². The molecule has 0 fully saturated rings. The zero-order valence-corrected chi connectivity index (χ0v) is 8.39. The minimum absolute atomic E-state index is 0.127. The summed E-state index contributed by atoms with van der Waals surface area (Å²) >= 11 is 1.43. The highest BCUT2D eigenvalue weighted by molar-refractivity contribution is 7.12. The Kier molecular flexibility index (Phi) is 2.32. The van der Waals surface area contributed by atoms with E-state index < -0.39 is 0 Å². The van der Waals surface area contributed by atoms with Crippen LogP contribution in [0, 0.1) is 6.92 Å². The van der Waals surface area contributed by atoms with Gasteiger partial charge in [0.25, 0.3) is 5.91 Å². The molecule has 0 atom stereocenters. The second-order valence-electron chi connectivity index (χ2n) is 2.88. The predicted molar refractivity (Wildman–Crippen MR) is 55.6 cm³/mol. The Morgan fingerprint density at radius 2 is 2.50 bits per heavy atom. The van der Waals surface area contributed by atoms with Crippen LogP contribution in [0.4, 0.5) is 5.95 Å². The number of aryl methyl sites for hydroxylation is 1. The van der Waals surface area contributed by atoms with E-state index in [2.05, 4.69) is 15.3 Å². The second kappa shape index (κ2) is 3.63. The Morgan fingerprint density at radius 1 is 1.64 bits per heavy atom. The van der Waals surface area contributed by atoms with Crippen LogP contribution in [-0.2, 0) is 0 Å². The van der Waals surface area contributed by atoms with Crippen LogP contribution in [0.25, 0.3) is 0 Å².